The van der Waals surface area contributed by atoms with Gasteiger partial charge in [-0.2, -0.15) is 0 Å². The molecule has 0 aliphatic carbocycles. The van der Waals surface area contributed by atoms with Gasteiger partial charge in [0.2, 0.25) is 5.91 Å². The highest BCUT2D eigenvalue weighted by molar-refractivity contribution is 5.74. The molecular weight excluding hydrogens is 342 g/mol. The summed E-state index contributed by atoms with van der Waals surface area (Å²) in [7, 11) is 0. The van der Waals surface area contributed by atoms with E-state index in [1.165, 1.54) is 12.3 Å². The molecule has 0 radical (unpaired) electrons. The number of benzene rings is 2. The molecule has 0 fully saturated rings. The van der Waals surface area contributed by atoms with Crippen LogP contribution in [0.2, 0.25) is 0 Å². The number of hydrogen-bond acceptors (Lipinski definition) is 4. The third-order valence-electron chi connectivity index (χ3n) is 3.60. The van der Waals surface area contributed by atoms with Gasteiger partial charge in [-0.15, -0.1) is 0 Å². The maximum absolute atomic E-state index is 13.7. The maximum atomic E-state index is 13.7. The molecule has 0 aliphatic heterocycles. The summed E-state index contributed by atoms with van der Waals surface area (Å²) in [5.41, 5.74) is 2.98. The molecule has 0 saturated carbocycles. The lowest BCUT2D eigenvalue weighted by molar-refractivity contribution is -0.134. The standard InChI is InChI=1S/C19H16F2N2O3/c20-14-7-4-8-15(21)19(14)16-11-22-18(26-16)10-9-17(24)23-25-12-13-5-2-1-3-6-13/h1-8,11H,9-10,12H2,(H,23,24). The Morgan fingerprint density at radius 2 is 1.81 bits per heavy atom. The molecule has 5 nitrogen and oxygen atoms in total. The molecule has 26 heavy (non-hydrogen) atoms. The van der Waals surface area contributed by atoms with E-state index >= 15 is 0 Å². The smallest absolute Gasteiger partial charge is 0.244 e. The Bertz CT molecular complexity index is 861. The van der Waals surface area contributed by atoms with Crippen LogP contribution in [0.25, 0.3) is 11.3 Å². The molecule has 2 aromatic carbocycles. The summed E-state index contributed by atoms with van der Waals surface area (Å²) in [6.07, 6.45) is 1.48. The Hall–Kier alpha value is -3.06. The van der Waals surface area contributed by atoms with E-state index in [2.05, 4.69) is 10.5 Å². The van der Waals surface area contributed by atoms with Crippen molar-refractivity contribution in [1.82, 2.24) is 10.5 Å². The van der Waals surface area contributed by atoms with E-state index in [1.807, 2.05) is 30.3 Å². The van der Waals surface area contributed by atoms with Crippen molar-refractivity contribution in [2.75, 3.05) is 0 Å². The Morgan fingerprint density at radius 3 is 2.54 bits per heavy atom. The first-order valence-corrected chi connectivity index (χ1v) is 7.97. The van der Waals surface area contributed by atoms with Gasteiger partial charge in [-0.25, -0.2) is 19.2 Å². The minimum Gasteiger partial charge on any atom is -0.441 e. The normalized spacial score (nSPS) is 10.7. The minimum atomic E-state index is -0.736. The fourth-order valence-electron chi connectivity index (χ4n) is 2.32. The quantitative estimate of drug-likeness (QED) is 0.653. The van der Waals surface area contributed by atoms with E-state index in [1.54, 1.807) is 0 Å². The average Bonchev–Trinajstić information content (AvgIpc) is 3.09. The summed E-state index contributed by atoms with van der Waals surface area (Å²) in [4.78, 5) is 20.8. The maximum Gasteiger partial charge on any atom is 0.244 e. The number of nitrogens with zero attached hydrogens (tertiary/aromatic N) is 1. The second-order valence-electron chi connectivity index (χ2n) is 5.51. The molecule has 1 amide bonds. The van der Waals surface area contributed by atoms with Crippen molar-refractivity contribution in [1.29, 1.82) is 0 Å². The van der Waals surface area contributed by atoms with Crippen LogP contribution in [0.15, 0.2) is 59.1 Å². The number of aryl methyl sites for hydroxylation is 1. The van der Waals surface area contributed by atoms with Crippen LogP contribution in [0.5, 0.6) is 0 Å². The predicted octanol–water partition coefficient (Wildman–Crippen LogP) is 3.80. The van der Waals surface area contributed by atoms with Crippen molar-refractivity contribution in [2.24, 2.45) is 0 Å². The second-order valence-corrected chi connectivity index (χ2v) is 5.51. The van der Waals surface area contributed by atoms with Crippen LogP contribution in [0.4, 0.5) is 8.78 Å². The first kappa shape index (κ1) is 17.8. The molecular formula is C19H16F2N2O3. The Kier molecular flexibility index (Phi) is 5.70. The van der Waals surface area contributed by atoms with Gasteiger partial charge in [0, 0.05) is 12.8 Å². The number of halogens is 2. The van der Waals surface area contributed by atoms with Crippen LogP contribution in [0, 0.1) is 11.6 Å². The highest BCUT2D eigenvalue weighted by atomic mass is 19.1. The third kappa shape index (κ3) is 4.52. The lowest BCUT2D eigenvalue weighted by Gasteiger charge is -2.05. The molecule has 0 aliphatic rings. The van der Waals surface area contributed by atoms with E-state index in [4.69, 9.17) is 9.25 Å². The van der Waals surface area contributed by atoms with Crippen molar-refractivity contribution in [3.05, 3.63) is 77.8 Å². The van der Waals surface area contributed by atoms with Gasteiger partial charge in [-0.05, 0) is 17.7 Å². The first-order chi connectivity index (χ1) is 12.6. The van der Waals surface area contributed by atoms with Crippen molar-refractivity contribution < 1.29 is 22.8 Å². The molecule has 7 heteroatoms. The second kappa shape index (κ2) is 8.35. The molecule has 3 aromatic rings. The molecule has 3 rings (SSSR count). The molecule has 0 unspecified atom stereocenters. The Labute approximate surface area is 148 Å². The van der Waals surface area contributed by atoms with Crippen LogP contribution >= 0.6 is 0 Å². The number of carbonyl (C=O) groups is 1. The SMILES string of the molecule is O=C(CCc1ncc(-c2c(F)cccc2F)o1)NOCc1ccccc1. The molecule has 0 atom stereocenters. The van der Waals surface area contributed by atoms with Crippen LogP contribution in [-0.4, -0.2) is 10.9 Å². The number of rotatable bonds is 7. The lowest BCUT2D eigenvalue weighted by atomic mass is 10.1. The summed E-state index contributed by atoms with van der Waals surface area (Å²) in [5.74, 6) is -1.63. The molecule has 0 saturated heterocycles. The zero-order valence-electron chi connectivity index (χ0n) is 13.7. The van der Waals surface area contributed by atoms with Gasteiger partial charge in [0.1, 0.15) is 11.6 Å². The van der Waals surface area contributed by atoms with Gasteiger partial charge in [0.05, 0.1) is 18.4 Å². The van der Waals surface area contributed by atoms with Crippen LogP contribution in [0.1, 0.15) is 17.9 Å². The largest absolute Gasteiger partial charge is 0.441 e. The average molecular weight is 358 g/mol. The van der Waals surface area contributed by atoms with Crippen molar-refractivity contribution in [3.63, 3.8) is 0 Å². The molecule has 134 valence electrons. The first-order valence-electron chi connectivity index (χ1n) is 7.97. The number of carbonyl (C=O) groups excluding carboxylic acids is 1. The van der Waals surface area contributed by atoms with E-state index in [9.17, 15) is 13.6 Å². The molecule has 0 bridgehead atoms. The monoisotopic (exact) mass is 358 g/mol. The van der Waals surface area contributed by atoms with Crippen molar-refractivity contribution in [2.45, 2.75) is 19.4 Å². The Balaban J connectivity index is 1.49. The zero-order chi connectivity index (χ0) is 18.4. The van der Waals surface area contributed by atoms with Gasteiger partial charge in [0.15, 0.2) is 11.7 Å². The fourth-order valence-corrected chi connectivity index (χ4v) is 2.32. The fraction of sp³-hybridized carbons (Fsp3) is 0.158. The molecule has 1 aromatic heterocycles. The summed E-state index contributed by atoms with van der Waals surface area (Å²) in [5, 5.41) is 0. The number of amides is 1. The van der Waals surface area contributed by atoms with E-state index in [-0.39, 0.29) is 42.6 Å². The predicted molar refractivity (Wildman–Crippen MR) is 89.5 cm³/mol. The number of hydroxylamine groups is 1. The molecule has 1 N–H and O–H groups in total. The number of nitrogens with one attached hydrogen (secondary N) is 1. The van der Waals surface area contributed by atoms with Crippen LogP contribution in [-0.2, 0) is 22.7 Å². The lowest BCUT2D eigenvalue weighted by Crippen LogP contribution is -2.23. The van der Waals surface area contributed by atoms with Crippen molar-refractivity contribution >= 4 is 5.91 Å². The summed E-state index contributed by atoms with van der Waals surface area (Å²) < 4.78 is 32.8. The molecule has 0 spiro atoms. The van der Waals surface area contributed by atoms with Gasteiger partial charge < -0.3 is 4.42 Å². The summed E-state index contributed by atoms with van der Waals surface area (Å²) in [6, 6.07) is 12.9. The van der Waals surface area contributed by atoms with Gasteiger partial charge in [-0.3, -0.25) is 9.63 Å². The number of hydrogen-bond donors (Lipinski definition) is 1. The zero-order valence-corrected chi connectivity index (χ0v) is 13.7. The summed E-state index contributed by atoms with van der Waals surface area (Å²) >= 11 is 0. The van der Waals surface area contributed by atoms with Crippen molar-refractivity contribution in [3.8, 4) is 11.3 Å². The van der Waals surface area contributed by atoms with Gasteiger partial charge in [0.25, 0.3) is 0 Å². The number of aromatic nitrogens is 1. The van der Waals surface area contributed by atoms with E-state index in [0.717, 1.165) is 17.7 Å². The minimum absolute atomic E-state index is 0.0173. The summed E-state index contributed by atoms with van der Waals surface area (Å²) in [6.45, 7) is 0.252. The highest BCUT2D eigenvalue weighted by Crippen LogP contribution is 2.26. The van der Waals surface area contributed by atoms with Gasteiger partial charge in [-0.1, -0.05) is 36.4 Å². The van der Waals surface area contributed by atoms with E-state index < -0.39 is 11.6 Å². The van der Waals surface area contributed by atoms with Crippen LogP contribution < -0.4 is 5.48 Å². The highest BCUT2D eigenvalue weighted by Gasteiger charge is 2.16. The topological polar surface area (TPSA) is 64.4 Å². The van der Waals surface area contributed by atoms with Crippen LogP contribution in [0.3, 0.4) is 0 Å². The molecule has 1 heterocycles. The Morgan fingerprint density at radius 1 is 1.08 bits per heavy atom. The third-order valence-corrected chi connectivity index (χ3v) is 3.60. The van der Waals surface area contributed by atoms with Gasteiger partial charge >= 0.3 is 0 Å². The van der Waals surface area contributed by atoms with E-state index in [0.29, 0.717) is 0 Å². The number of oxazole rings is 1.